The van der Waals surface area contributed by atoms with Crippen LogP contribution in [0.5, 0.6) is 0 Å². The van der Waals surface area contributed by atoms with E-state index in [0.717, 1.165) is 6.07 Å². The summed E-state index contributed by atoms with van der Waals surface area (Å²) in [7, 11) is -3.58. The highest BCUT2D eigenvalue weighted by molar-refractivity contribution is 7.89. The van der Waals surface area contributed by atoms with Crippen molar-refractivity contribution in [2.45, 2.75) is 25.3 Å². The molecule has 0 aliphatic heterocycles. The monoisotopic (exact) mass is 406 g/mol. The molecule has 0 radical (unpaired) electrons. The molecule has 3 aromatic rings. The zero-order valence-electron chi connectivity index (χ0n) is 15.5. The third kappa shape index (κ3) is 4.10. The van der Waals surface area contributed by atoms with Crippen LogP contribution in [0.1, 0.15) is 19.4 Å². The molecule has 0 aliphatic carbocycles. The van der Waals surface area contributed by atoms with E-state index in [2.05, 4.69) is 15.3 Å². The average molecular weight is 406 g/mol. The van der Waals surface area contributed by atoms with Crippen LogP contribution in [0.4, 0.5) is 14.6 Å². The van der Waals surface area contributed by atoms with E-state index >= 15 is 0 Å². The number of benzene rings is 2. The van der Waals surface area contributed by atoms with Gasteiger partial charge in [-0.1, -0.05) is 19.9 Å². The molecule has 6 nitrogen and oxygen atoms in total. The van der Waals surface area contributed by atoms with E-state index in [1.54, 1.807) is 19.9 Å². The largest absolute Gasteiger partial charge is 0.365 e. The second-order valence-electron chi connectivity index (χ2n) is 6.08. The number of nitrogens with zero attached hydrogens (tertiary/aromatic N) is 3. The first-order valence-electron chi connectivity index (χ1n) is 8.80. The molecule has 0 saturated heterocycles. The molecule has 28 heavy (non-hydrogen) atoms. The van der Waals surface area contributed by atoms with Crippen LogP contribution in [0.2, 0.25) is 0 Å². The molecule has 0 unspecified atom stereocenters. The summed E-state index contributed by atoms with van der Waals surface area (Å²) in [6.07, 6.45) is 1.44. The zero-order chi connectivity index (χ0) is 20.3. The maximum atomic E-state index is 13.7. The fourth-order valence-corrected chi connectivity index (χ4v) is 4.28. The topological polar surface area (TPSA) is 75.2 Å². The van der Waals surface area contributed by atoms with Crippen LogP contribution in [-0.2, 0) is 16.6 Å². The smallest absolute Gasteiger partial charge is 0.243 e. The van der Waals surface area contributed by atoms with Crippen molar-refractivity contribution in [3.63, 3.8) is 0 Å². The van der Waals surface area contributed by atoms with Crippen molar-refractivity contribution >= 4 is 26.9 Å². The minimum absolute atomic E-state index is 0.112. The van der Waals surface area contributed by atoms with Gasteiger partial charge in [0.05, 0.1) is 22.1 Å². The molecule has 0 fully saturated rings. The normalized spacial score (nSPS) is 11.9. The molecule has 0 bridgehead atoms. The number of halogens is 2. The fraction of sp³-hybridized carbons (Fsp3) is 0.263. The molecule has 0 saturated carbocycles. The Kier molecular flexibility index (Phi) is 5.85. The molecule has 1 heterocycles. The standard InChI is InChI=1S/C19H20F2N4O2S/c1-3-25(4-2)28(26,27)15-7-8-17-18(10-15)22-12-19(24-17)23-11-13-5-6-14(20)9-16(13)21/h5-10,12H,3-4,11H2,1-2H3,(H,23,24). The van der Waals surface area contributed by atoms with Crippen molar-refractivity contribution in [3.8, 4) is 0 Å². The Hall–Kier alpha value is -2.65. The van der Waals surface area contributed by atoms with E-state index in [0.29, 0.717) is 35.5 Å². The number of rotatable bonds is 7. The van der Waals surface area contributed by atoms with Crippen molar-refractivity contribution in [1.82, 2.24) is 14.3 Å². The first-order chi connectivity index (χ1) is 13.3. The molecule has 2 aromatic carbocycles. The van der Waals surface area contributed by atoms with E-state index in [1.165, 1.54) is 34.8 Å². The molecule has 0 aliphatic rings. The highest BCUT2D eigenvalue weighted by Crippen LogP contribution is 2.21. The molecule has 0 amide bonds. The van der Waals surface area contributed by atoms with Crippen LogP contribution >= 0.6 is 0 Å². The van der Waals surface area contributed by atoms with Crippen molar-refractivity contribution in [2.24, 2.45) is 0 Å². The van der Waals surface area contributed by atoms with Gasteiger partial charge in [0.15, 0.2) is 0 Å². The van der Waals surface area contributed by atoms with Gasteiger partial charge in [-0.3, -0.25) is 4.98 Å². The Morgan fingerprint density at radius 3 is 2.46 bits per heavy atom. The molecule has 0 atom stereocenters. The van der Waals surface area contributed by atoms with Crippen molar-refractivity contribution in [1.29, 1.82) is 0 Å². The first kappa shape index (κ1) is 20.1. The number of hydrogen-bond donors (Lipinski definition) is 1. The predicted octanol–water partition coefficient (Wildman–Crippen LogP) is 3.55. The quantitative estimate of drug-likeness (QED) is 0.650. The molecular formula is C19H20F2N4O2S. The Labute approximate surface area is 162 Å². The zero-order valence-corrected chi connectivity index (χ0v) is 16.3. The lowest BCUT2D eigenvalue weighted by atomic mass is 10.2. The lowest BCUT2D eigenvalue weighted by Gasteiger charge is -2.18. The molecule has 3 rings (SSSR count). The van der Waals surface area contributed by atoms with Gasteiger partial charge in [0, 0.05) is 31.3 Å². The minimum Gasteiger partial charge on any atom is -0.365 e. The number of fused-ring (bicyclic) bond motifs is 1. The molecule has 1 N–H and O–H groups in total. The lowest BCUT2D eigenvalue weighted by molar-refractivity contribution is 0.445. The van der Waals surface area contributed by atoms with Crippen molar-refractivity contribution in [2.75, 3.05) is 18.4 Å². The summed E-state index contributed by atoms with van der Waals surface area (Å²) in [5, 5.41) is 2.93. The summed E-state index contributed by atoms with van der Waals surface area (Å²) in [4.78, 5) is 8.78. The molecule has 0 spiro atoms. The number of nitrogens with one attached hydrogen (secondary N) is 1. The summed E-state index contributed by atoms with van der Waals surface area (Å²) in [6, 6.07) is 7.93. The van der Waals surface area contributed by atoms with Crippen LogP contribution < -0.4 is 5.32 Å². The van der Waals surface area contributed by atoms with Gasteiger partial charge < -0.3 is 5.32 Å². The van der Waals surface area contributed by atoms with Gasteiger partial charge in [0.2, 0.25) is 10.0 Å². The first-order valence-corrected chi connectivity index (χ1v) is 10.2. The molecular weight excluding hydrogens is 386 g/mol. The Morgan fingerprint density at radius 2 is 1.79 bits per heavy atom. The molecule has 148 valence electrons. The highest BCUT2D eigenvalue weighted by atomic mass is 32.2. The maximum absolute atomic E-state index is 13.7. The number of sulfonamides is 1. The van der Waals surface area contributed by atoms with Crippen LogP contribution in [-0.4, -0.2) is 35.8 Å². The number of anilines is 1. The fourth-order valence-electron chi connectivity index (χ4n) is 2.80. The Balaban J connectivity index is 1.83. The van der Waals surface area contributed by atoms with E-state index in [-0.39, 0.29) is 11.4 Å². The molecule has 9 heteroatoms. The summed E-state index contributed by atoms with van der Waals surface area (Å²) < 4.78 is 53.3. The average Bonchev–Trinajstić information content (AvgIpc) is 2.67. The van der Waals surface area contributed by atoms with Gasteiger partial charge in [-0.05, 0) is 24.3 Å². The van der Waals surface area contributed by atoms with Gasteiger partial charge in [0.1, 0.15) is 17.5 Å². The third-order valence-corrected chi connectivity index (χ3v) is 6.38. The van der Waals surface area contributed by atoms with E-state index in [9.17, 15) is 17.2 Å². The predicted molar refractivity (Wildman–Crippen MR) is 103 cm³/mol. The van der Waals surface area contributed by atoms with E-state index in [1.807, 2.05) is 0 Å². The Morgan fingerprint density at radius 1 is 1.04 bits per heavy atom. The van der Waals surface area contributed by atoms with Gasteiger partial charge >= 0.3 is 0 Å². The second-order valence-corrected chi connectivity index (χ2v) is 8.02. The van der Waals surface area contributed by atoms with Crippen LogP contribution in [0.25, 0.3) is 11.0 Å². The lowest BCUT2D eigenvalue weighted by Crippen LogP contribution is -2.30. The summed E-state index contributed by atoms with van der Waals surface area (Å²) in [5.74, 6) is -0.884. The van der Waals surface area contributed by atoms with Gasteiger partial charge in [-0.25, -0.2) is 22.2 Å². The minimum atomic E-state index is -3.58. The summed E-state index contributed by atoms with van der Waals surface area (Å²) in [6.45, 7) is 4.44. The summed E-state index contributed by atoms with van der Waals surface area (Å²) in [5.41, 5.74) is 1.23. The number of aromatic nitrogens is 2. The van der Waals surface area contributed by atoms with E-state index < -0.39 is 21.7 Å². The molecule has 1 aromatic heterocycles. The van der Waals surface area contributed by atoms with Crippen molar-refractivity contribution < 1.29 is 17.2 Å². The third-order valence-electron chi connectivity index (χ3n) is 4.33. The van der Waals surface area contributed by atoms with Gasteiger partial charge in [0.25, 0.3) is 0 Å². The summed E-state index contributed by atoms with van der Waals surface area (Å²) >= 11 is 0. The van der Waals surface area contributed by atoms with Gasteiger partial charge in [-0.2, -0.15) is 4.31 Å². The Bertz CT molecular complexity index is 1100. The maximum Gasteiger partial charge on any atom is 0.243 e. The number of hydrogen-bond acceptors (Lipinski definition) is 5. The van der Waals surface area contributed by atoms with Crippen LogP contribution in [0.15, 0.2) is 47.5 Å². The second kappa shape index (κ2) is 8.15. The highest BCUT2D eigenvalue weighted by Gasteiger charge is 2.22. The van der Waals surface area contributed by atoms with Crippen LogP contribution in [0, 0.1) is 11.6 Å². The van der Waals surface area contributed by atoms with Gasteiger partial charge in [-0.15, -0.1) is 0 Å². The van der Waals surface area contributed by atoms with Crippen molar-refractivity contribution in [3.05, 3.63) is 59.8 Å². The SMILES string of the molecule is CCN(CC)S(=O)(=O)c1ccc2nc(NCc3ccc(F)cc3F)cnc2c1. The van der Waals surface area contributed by atoms with E-state index in [4.69, 9.17) is 0 Å². The van der Waals surface area contributed by atoms with Crippen LogP contribution in [0.3, 0.4) is 0 Å².